The number of carbonyl (C=O) groups is 2. The molecule has 3 aromatic rings. The molecule has 8 heteroatoms. The third kappa shape index (κ3) is 3.50. The first-order chi connectivity index (χ1) is 12.5. The summed E-state index contributed by atoms with van der Waals surface area (Å²) in [5.41, 5.74) is 1.60. The number of fused-ring (bicyclic) bond motifs is 1. The number of nitrogens with zero attached hydrogens (tertiary/aromatic N) is 1. The lowest BCUT2D eigenvalue weighted by Gasteiger charge is -2.07. The Morgan fingerprint density at radius 1 is 1.15 bits per heavy atom. The summed E-state index contributed by atoms with van der Waals surface area (Å²) >= 11 is 4.58. The third-order valence-electron chi connectivity index (χ3n) is 3.66. The van der Waals surface area contributed by atoms with Crippen LogP contribution in [0.4, 0.5) is 5.69 Å². The second-order valence-corrected chi connectivity index (χ2v) is 5.53. The summed E-state index contributed by atoms with van der Waals surface area (Å²) in [7, 11) is 0. The van der Waals surface area contributed by atoms with Gasteiger partial charge in [-0.1, -0.05) is 5.16 Å². The summed E-state index contributed by atoms with van der Waals surface area (Å²) < 4.78 is 9.65. The monoisotopic (exact) mass is 368 g/mol. The molecule has 0 spiro atoms. The fourth-order valence-electron chi connectivity index (χ4n) is 2.37. The van der Waals surface area contributed by atoms with E-state index >= 15 is 0 Å². The van der Waals surface area contributed by atoms with Crippen molar-refractivity contribution in [2.45, 2.75) is 6.92 Å². The number of aromatic nitrogens is 1. The lowest BCUT2D eigenvalue weighted by molar-refractivity contribution is -0.112. The first-order valence-corrected chi connectivity index (χ1v) is 7.93. The predicted molar refractivity (Wildman–Crippen MR) is 98.7 cm³/mol. The Bertz CT molecular complexity index is 1070. The van der Waals surface area contributed by atoms with E-state index < -0.39 is 17.3 Å². The Morgan fingerprint density at radius 3 is 2.58 bits per heavy atom. The van der Waals surface area contributed by atoms with Gasteiger partial charge in [0.1, 0.15) is 5.75 Å². The quantitative estimate of drug-likeness (QED) is 0.420. The van der Waals surface area contributed by atoms with Gasteiger partial charge in [0, 0.05) is 16.6 Å². The van der Waals surface area contributed by atoms with Crippen molar-refractivity contribution in [1.29, 1.82) is 0 Å². The van der Waals surface area contributed by atoms with Crippen molar-refractivity contribution >= 4 is 45.9 Å². The average Bonchev–Trinajstić information content (AvgIpc) is 2.65. The van der Waals surface area contributed by atoms with Gasteiger partial charge in [-0.15, -0.1) is 0 Å². The van der Waals surface area contributed by atoms with Gasteiger partial charge in [-0.05, 0) is 61.6 Å². The molecule has 3 rings (SSSR count). The number of Topliss-reactive ketones (excluding diaryl/α,β-unsaturated/α-hetero) is 1. The Labute approximate surface area is 152 Å². The van der Waals surface area contributed by atoms with E-state index in [0.29, 0.717) is 27.9 Å². The van der Waals surface area contributed by atoms with Crippen molar-refractivity contribution in [3.8, 4) is 5.75 Å². The highest BCUT2D eigenvalue weighted by Gasteiger charge is 2.17. The summed E-state index contributed by atoms with van der Waals surface area (Å²) in [4.78, 5) is 36.1. The number of aryl methyl sites for hydroxylation is 1. The van der Waals surface area contributed by atoms with Crippen LogP contribution in [0.1, 0.15) is 16.1 Å². The minimum atomic E-state index is -0.804. The number of amides is 1. The lowest BCUT2D eigenvalue weighted by atomic mass is 10.1. The standard InChI is InChI=1S/C18H12N2O5S/c1-10-15-8-12(4-7-14(15)18(23)25-20-10)19-17(22)16(21)11-2-5-13(6-3-11)24-9-26/h2-9H,1H3,(H,19,22). The van der Waals surface area contributed by atoms with Gasteiger partial charge in [0.15, 0.2) is 5.55 Å². The van der Waals surface area contributed by atoms with E-state index in [9.17, 15) is 14.4 Å². The number of nitrogens with one attached hydrogen (secondary N) is 1. The van der Waals surface area contributed by atoms with Gasteiger partial charge >= 0.3 is 5.63 Å². The van der Waals surface area contributed by atoms with Crippen molar-refractivity contribution in [2.75, 3.05) is 5.32 Å². The molecule has 1 heterocycles. The average molecular weight is 368 g/mol. The second kappa shape index (κ2) is 7.24. The fraction of sp³-hybridized carbons (Fsp3) is 0.0556. The van der Waals surface area contributed by atoms with Crippen LogP contribution in [-0.4, -0.2) is 22.4 Å². The van der Waals surface area contributed by atoms with Crippen LogP contribution in [-0.2, 0) is 4.79 Å². The molecule has 1 aromatic heterocycles. The van der Waals surface area contributed by atoms with Gasteiger partial charge < -0.3 is 14.6 Å². The fourth-order valence-corrected chi connectivity index (χ4v) is 2.48. The van der Waals surface area contributed by atoms with Crippen molar-refractivity contribution in [1.82, 2.24) is 5.16 Å². The van der Waals surface area contributed by atoms with Gasteiger partial charge in [-0.3, -0.25) is 9.59 Å². The van der Waals surface area contributed by atoms with Gasteiger partial charge in [-0.2, -0.15) is 0 Å². The molecular formula is C18H12N2O5S. The van der Waals surface area contributed by atoms with Crippen LogP contribution in [0, 0.1) is 6.92 Å². The van der Waals surface area contributed by atoms with Crippen LogP contribution < -0.4 is 15.7 Å². The molecule has 0 unspecified atom stereocenters. The number of carbonyl (C=O) groups excluding carboxylic acids is 2. The maximum atomic E-state index is 12.2. The zero-order valence-corrected chi connectivity index (χ0v) is 14.3. The highest BCUT2D eigenvalue weighted by molar-refractivity contribution is 7.78. The maximum absolute atomic E-state index is 12.2. The molecule has 2 aromatic carbocycles. The minimum Gasteiger partial charge on any atom is -0.454 e. The molecule has 0 aliphatic carbocycles. The molecule has 1 amide bonds. The highest BCUT2D eigenvalue weighted by Crippen LogP contribution is 2.19. The van der Waals surface area contributed by atoms with Crippen molar-refractivity contribution in [3.05, 3.63) is 64.1 Å². The van der Waals surface area contributed by atoms with E-state index in [2.05, 4.69) is 27.2 Å². The summed E-state index contributed by atoms with van der Waals surface area (Å²) in [5.74, 6) is -1.05. The maximum Gasteiger partial charge on any atom is 0.366 e. The van der Waals surface area contributed by atoms with Crippen molar-refractivity contribution in [3.63, 3.8) is 0 Å². The van der Waals surface area contributed by atoms with E-state index in [0.717, 1.165) is 5.55 Å². The zero-order valence-electron chi connectivity index (χ0n) is 13.5. The molecule has 0 radical (unpaired) electrons. The van der Waals surface area contributed by atoms with Gasteiger partial charge in [0.25, 0.3) is 11.7 Å². The molecule has 0 aliphatic rings. The van der Waals surface area contributed by atoms with Crippen LogP contribution in [0.3, 0.4) is 0 Å². The first-order valence-electron chi connectivity index (χ1n) is 7.46. The van der Waals surface area contributed by atoms with Crippen LogP contribution in [0.5, 0.6) is 5.75 Å². The van der Waals surface area contributed by atoms with E-state index in [1.165, 1.54) is 36.4 Å². The van der Waals surface area contributed by atoms with E-state index in [-0.39, 0.29) is 5.56 Å². The van der Waals surface area contributed by atoms with E-state index in [4.69, 9.17) is 4.74 Å². The largest absolute Gasteiger partial charge is 0.454 e. The number of hydrogen-bond acceptors (Lipinski definition) is 7. The number of hydrogen-bond donors (Lipinski definition) is 1. The minimum absolute atomic E-state index is 0.207. The number of rotatable bonds is 5. The van der Waals surface area contributed by atoms with Crippen LogP contribution in [0.2, 0.25) is 0 Å². The third-order valence-corrected chi connectivity index (χ3v) is 3.76. The summed E-state index contributed by atoms with van der Waals surface area (Å²) in [6, 6.07) is 10.6. The van der Waals surface area contributed by atoms with Crippen molar-refractivity contribution in [2.24, 2.45) is 0 Å². The molecule has 130 valence electrons. The predicted octanol–water partition coefficient (Wildman–Crippen LogP) is 2.65. The summed E-state index contributed by atoms with van der Waals surface area (Å²) in [6.45, 7) is 1.67. The number of ketones is 1. The Hall–Kier alpha value is -3.39. The van der Waals surface area contributed by atoms with Crippen LogP contribution in [0.15, 0.2) is 51.8 Å². The molecule has 0 saturated carbocycles. The lowest BCUT2D eigenvalue weighted by Crippen LogP contribution is -2.22. The Balaban J connectivity index is 1.82. The number of ether oxygens (including phenoxy) is 1. The van der Waals surface area contributed by atoms with Crippen LogP contribution >= 0.6 is 12.2 Å². The molecule has 0 fully saturated rings. The number of anilines is 1. The second-order valence-electron chi connectivity index (χ2n) is 5.34. The molecule has 0 saturated heterocycles. The van der Waals surface area contributed by atoms with Crippen molar-refractivity contribution < 1.29 is 18.8 Å². The zero-order chi connectivity index (χ0) is 18.7. The SMILES string of the molecule is Cc1noc(=O)c2ccc(NC(=O)C(=O)c3ccc(OC=S)cc3)cc12. The van der Waals surface area contributed by atoms with E-state index in [1.807, 2.05) is 0 Å². The van der Waals surface area contributed by atoms with Gasteiger partial charge in [0.2, 0.25) is 0 Å². The number of benzene rings is 2. The molecular weight excluding hydrogens is 356 g/mol. The Morgan fingerprint density at radius 2 is 1.88 bits per heavy atom. The smallest absolute Gasteiger partial charge is 0.366 e. The van der Waals surface area contributed by atoms with E-state index in [1.54, 1.807) is 13.0 Å². The summed E-state index contributed by atoms with van der Waals surface area (Å²) in [6.07, 6.45) is 0. The van der Waals surface area contributed by atoms with Gasteiger partial charge in [-0.25, -0.2) is 4.79 Å². The first kappa shape index (κ1) is 17.4. The highest BCUT2D eigenvalue weighted by atomic mass is 32.1. The molecule has 0 aliphatic heterocycles. The summed E-state index contributed by atoms with van der Waals surface area (Å²) in [5, 5.41) is 7.04. The molecule has 0 atom stereocenters. The van der Waals surface area contributed by atoms with Crippen LogP contribution in [0.25, 0.3) is 10.8 Å². The Kier molecular flexibility index (Phi) is 4.85. The topological polar surface area (TPSA) is 98.5 Å². The number of thiocarbonyl (C=S) groups is 1. The normalized spacial score (nSPS) is 10.3. The molecule has 0 bridgehead atoms. The molecule has 26 heavy (non-hydrogen) atoms. The molecule has 7 nitrogen and oxygen atoms in total. The molecule has 1 N–H and O–H groups in total. The van der Waals surface area contributed by atoms with Gasteiger partial charge in [0.05, 0.1) is 11.1 Å².